The Hall–Kier alpha value is -7.36. The topological polar surface area (TPSA) is 21.3 Å². The summed E-state index contributed by atoms with van der Waals surface area (Å²) >= 11 is 0. The fourth-order valence-corrected chi connectivity index (χ4v) is 11.5. The number of benzene rings is 8. The van der Waals surface area contributed by atoms with Crippen molar-refractivity contribution in [2.24, 2.45) is 0 Å². The number of nitrogens with zero attached hydrogens (tertiary/aromatic N) is 2. The van der Waals surface area contributed by atoms with Gasteiger partial charge in [-0.25, -0.2) is 0 Å². The van der Waals surface area contributed by atoms with Gasteiger partial charge < -0.3 is 8.98 Å². The van der Waals surface area contributed by atoms with Gasteiger partial charge in [0.05, 0.1) is 16.7 Å². The summed E-state index contributed by atoms with van der Waals surface area (Å²) in [5.41, 5.74) is 19.7. The van der Waals surface area contributed by atoms with Crippen molar-refractivity contribution < 1.29 is 4.42 Å². The molecule has 2 aliphatic rings. The fourth-order valence-electron chi connectivity index (χ4n) is 11.5. The van der Waals surface area contributed by atoms with E-state index in [1.807, 2.05) is 0 Å². The normalized spacial score (nSPS) is 15.4. The molecule has 0 radical (unpaired) electrons. The summed E-state index contributed by atoms with van der Waals surface area (Å²) in [5.74, 6) is 1.58. The van der Waals surface area contributed by atoms with Crippen LogP contribution in [0.1, 0.15) is 76.6 Å². The standard InChI is InChI=1S/C63H54N2O/c1-61(2)36-37-62(3,4)60-49(24-17-26-53(60)61)51-39-46(40-54-59(51)50-23-13-15-25-52(50)63(54,5)6)64(45-31-28-42(29-32-45)41-18-9-7-10-19-41)58-35-34-57(66-58)43-30-33-48-47-22-14-16-27-55(47)65(56(48)38-43)44-20-11-8-12-21-44/h7-35,38-40H,36-37H2,1-6H3. The average molecular weight is 855 g/mol. The van der Waals surface area contributed by atoms with Gasteiger partial charge in [-0.1, -0.05) is 175 Å². The first-order valence-electron chi connectivity index (χ1n) is 23.6. The van der Waals surface area contributed by atoms with Crippen LogP contribution in [0.15, 0.2) is 199 Å². The zero-order chi connectivity index (χ0) is 45.0. The van der Waals surface area contributed by atoms with E-state index >= 15 is 0 Å². The summed E-state index contributed by atoms with van der Waals surface area (Å²) in [7, 11) is 0. The lowest BCUT2D eigenvalue weighted by molar-refractivity contribution is 0.333. The molecule has 2 heterocycles. The largest absolute Gasteiger partial charge is 0.440 e. The molecule has 12 rings (SSSR count). The minimum atomic E-state index is -0.232. The number of hydrogen-bond donors (Lipinski definition) is 0. The van der Waals surface area contributed by atoms with Crippen LogP contribution in [-0.4, -0.2) is 4.57 Å². The molecule has 3 heteroatoms. The van der Waals surface area contributed by atoms with Crippen molar-refractivity contribution >= 4 is 39.1 Å². The van der Waals surface area contributed by atoms with Crippen LogP contribution in [0.5, 0.6) is 0 Å². The second kappa shape index (κ2) is 14.8. The predicted molar refractivity (Wildman–Crippen MR) is 277 cm³/mol. The molecule has 8 aromatic carbocycles. The molecule has 0 spiro atoms. The highest BCUT2D eigenvalue weighted by molar-refractivity contribution is 6.10. The first kappa shape index (κ1) is 40.2. The number of fused-ring (bicyclic) bond motifs is 7. The van der Waals surface area contributed by atoms with Crippen molar-refractivity contribution in [3.8, 4) is 50.4 Å². The van der Waals surface area contributed by atoms with E-state index in [-0.39, 0.29) is 16.2 Å². The molecule has 0 amide bonds. The molecule has 2 aliphatic carbocycles. The van der Waals surface area contributed by atoms with Gasteiger partial charge in [-0.05, 0) is 134 Å². The molecule has 10 aromatic rings. The zero-order valence-electron chi connectivity index (χ0n) is 38.7. The van der Waals surface area contributed by atoms with Crippen molar-refractivity contribution in [1.82, 2.24) is 4.57 Å². The average Bonchev–Trinajstić information content (AvgIpc) is 4.02. The van der Waals surface area contributed by atoms with E-state index in [1.165, 1.54) is 78.3 Å². The van der Waals surface area contributed by atoms with Gasteiger partial charge in [0.15, 0.2) is 0 Å². The Kier molecular flexibility index (Phi) is 9.03. The van der Waals surface area contributed by atoms with E-state index in [9.17, 15) is 0 Å². The molecule has 2 aromatic heterocycles. The Balaban J connectivity index is 1.08. The number of aromatic nitrogens is 1. The quantitative estimate of drug-likeness (QED) is 0.159. The third kappa shape index (κ3) is 6.24. The molecule has 3 nitrogen and oxygen atoms in total. The summed E-state index contributed by atoms with van der Waals surface area (Å²) in [6.45, 7) is 14.6. The Labute approximate surface area is 388 Å². The van der Waals surface area contributed by atoms with Crippen LogP contribution in [-0.2, 0) is 16.2 Å². The van der Waals surface area contributed by atoms with Gasteiger partial charge in [0.1, 0.15) is 5.76 Å². The summed E-state index contributed by atoms with van der Waals surface area (Å²) in [6, 6.07) is 71.1. The van der Waals surface area contributed by atoms with Crippen molar-refractivity contribution in [3.63, 3.8) is 0 Å². The van der Waals surface area contributed by atoms with Gasteiger partial charge in [-0.15, -0.1) is 0 Å². The summed E-state index contributed by atoms with van der Waals surface area (Å²) < 4.78 is 9.54. The number of rotatable bonds is 7. The van der Waals surface area contributed by atoms with Crippen molar-refractivity contribution in [2.45, 2.75) is 70.6 Å². The van der Waals surface area contributed by atoms with Crippen molar-refractivity contribution in [3.05, 3.63) is 216 Å². The Morgan fingerprint density at radius 2 is 1.08 bits per heavy atom. The van der Waals surface area contributed by atoms with Crippen molar-refractivity contribution in [2.75, 3.05) is 4.90 Å². The molecule has 0 saturated heterocycles. The van der Waals surface area contributed by atoms with Gasteiger partial charge in [-0.2, -0.15) is 0 Å². The second-order valence-electron chi connectivity index (χ2n) is 20.4. The first-order valence-corrected chi connectivity index (χ1v) is 23.6. The lowest BCUT2D eigenvalue weighted by Gasteiger charge is -2.43. The third-order valence-corrected chi connectivity index (χ3v) is 15.1. The molecule has 0 aliphatic heterocycles. The first-order chi connectivity index (χ1) is 32.0. The maximum atomic E-state index is 7.17. The van der Waals surface area contributed by atoms with Crippen LogP contribution in [0.3, 0.4) is 0 Å². The fraction of sp³-hybridized carbons (Fsp3) is 0.175. The summed E-state index contributed by atoms with van der Waals surface area (Å²) in [4.78, 5) is 2.34. The molecule has 0 bridgehead atoms. The molecule has 66 heavy (non-hydrogen) atoms. The van der Waals surface area contributed by atoms with E-state index in [0.717, 1.165) is 46.2 Å². The van der Waals surface area contributed by atoms with E-state index in [0.29, 0.717) is 0 Å². The lowest BCUT2D eigenvalue weighted by atomic mass is 9.61. The summed E-state index contributed by atoms with van der Waals surface area (Å²) in [5, 5.41) is 2.45. The van der Waals surface area contributed by atoms with Crippen LogP contribution in [0, 0.1) is 0 Å². The van der Waals surface area contributed by atoms with Crippen LogP contribution in [0.4, 0.5) is 17.3 Å². The Morgan fingerprint density at radius 1 is 0.439 bits per heavy atom. The van der Waals surface area contributed by atoms with E-state index in [4.69, 9.17) is 4.42 Å². The Bertz CT molecular complexity index is 3490. The molecule has 0 fully saturated rings. The van der Waals surface area contributed by atoms with Crippen LogP contribution < -0.4 is 4.90 Å². The predicted octanol–water partition coefficient (Wildman–Crippen LogP) is 17.5. The highest BCUT2D eigenvalue weighted by atomic mass is 16.4. The minimum absolute atomic E-state index is 0.00810. The second-order valence-corrected chi connectivity index (χ2v) is 20.4. The highest BCUT2D eigenvalue weighted by Crippen LogP contribution is 2.57. The Morgan fingerprint density at radius 3 is 1.88 bits per heavy atom. The molecule has 322 valence electrons. The van der Waals surface area contributed by atoms with E-state index < -0.39 is 0 Å². The zero-order valence-corrected chi connectivity index (χ0v) is 38.7. The minimum Gasteiger partial charge on any atom is -0.440 e. The summed E-state index contributed by atoms with van der Waals surface area (Å²) in [6.07, 6.45) is 2.31. The van der Waals surface area contributed by atoms with Crippen LogP contribution >= 0.6 is 0 Å². The van der Waals surface area contributed by atoms with Crippen LogP contribution in [0.25, 0.3) is 72.2 Å². The SMILES string of the molecule is CC1(C)CCC(C)(C)c2c(-c3cc(N(c4ccc(-c5ccccc5)cc4)c4ccc(-c5ccc6c7ccccc7n(-c7ccccc7)c6c5)o4)cc4c3-c3ccccc3C4(C)C)cccc21. The molecule has 0 N–H and O–H groups in total. The van der Waals surface area contributed by atoms with E-state index in [2.05, 4.69) is 245 Å². The smallest absolute Gasteiger partial charge is 0.205 e. The maximum Gasteiger partial charge on any atom is 0.205 e. The molecule has 0 unspecified atom stereocenters. The molecule has 0 atom stereocenters. The van der Waals surface area contributed by atoms with Gasteiger partial charge >= 0.3 is 0 Å². The molecular weight excluding hydrogens is 801 g/mol. The van der Waals surface area contributed by atoms with Gasteiger partial charge in [-0.3, -0.25) is 4.90 Å². The van der Waals surface area contributed by atoms with E-state index in [1.54, 1.807) is 0 Å². The van der Waals surface area contributed by atoms with Gasteiger partial charge in [0.2, 0.25) is 5.88 Å². The molecular formula is C63H54N2O. The number of furan rings is 1. The van der Waals surface area contributed by atoms with Gasteiger partial charge in [0.25, 0.3) is 0 Å². The highest BCUT2D eigenvalue weighted by Gasteiger charge is 2.42. The lowest BCUT2D eigenvalue weighted by Crippen LogP contribution is -2.34. The third-order valence-electron chi connectivity index (χ3n) is 15.1. The van der Waals surface area contributed by atoms with Gasteiger partial charge in [0, 0.05) is 39.2 Å². The maximum absolute atomic E-state index is 7.17. The van der Waals surface area contributed by atoms with Crippen molar-refractivity contribution in [1.29, 1.82) is 0 Å². The number of para-hydroxylation sites is 2. The van der Waals surface area contributed by atoms with Crippen LogP contribution in [0.2, 0.25) is 0 Å². The number of anilines is 3. The number of hydrogen-bond acceptors (Lipinski definition) is 2. The molecule has 0 saturated carbocycles. The monoisotopic (exact) mass is 854 g/mol.